The van der Waals surface area contributed by atoms with E-state index in [0.29, 0.717) is 36.3 Å². The first-order valence-electron chi connectivity index (χ1n) is 16.8. The highest BCUT2D eigenvalue weighted by atomic mass is 16.2. The van der Waals surface area contributed by atoms with Crippen LogP contribution in [0, 0.1) is 0 Å². The minimum absolute atomic E-state index is 0.244. The van der Waals surface area contributed by atoms with Gasteiger partial charge in [0.15, 0.2) is 0 Å². The molecule has 6 heteroatoms. The predicted octanol–water partition coefficient (Wildman–Crippen LogP) is 8.68. The first kappa shape index (κ1) is 37.1. The Labute approximate surface area is 256 Å². The first-order valence-corrected chi connectivity index (χ1v) is 16.8. The second-order valence-corrected chi connectivity index (χ2v) is 11.3. The summed E-state index contributed by atoms with van der Waals surface area (Å²) in [6, 6.07) is 4.82. The monoisotopic (exact) mass is 581 g/mol. The van der Waals surface area contributed by atoms with Crippen molar-refractivity contribution in [2.45, 2.75) is 130 Å². The van der Waals surface area contributed by atoms with Crippen molar-refractivity contribution in [3.05, 3.63) is 59.2 Å². The molecule has 0 bridgehead atoms. The van der Waals surface area contributed by atoms with Crippen molar-refractivity contribution < 1.29 is 14.4 Å². The number of benzene rings is 1. The summed E-state index contributed by atoms with van der Waals surface area (Å²) in [6.07, 6.45) is 27.3. The van der Waals surface area contributed by atoms with Crippen LogP contribution in [-0.2, 0) is 0 Å². The lowest BCUT2D eigenvalue weighted by molar-refractivity contribution is 0.0952. The summed E-state index contributed by atoms with van der Waals surface area (Å²) in [5.41, 5.74) is 1.05. The standard InChI is InChI=1S/C36H59N3O3/c1-4-7-10-13-16-17-18-21-24-27-39-36(42)33-29-31(34(40)37-25-22-19-14-11-8-5-2)28-32(30-33)35(41)38-26-23-20-15-12-9-6-3/h4,7,10,13,28-30H,5-6,8-9,11-12,14-27H2,1-3H3,(H,37,40)(H,38,41)(H,39,42). The van der Waals surface area contributed by atoms with Gasteiger partial charge in [-0.2, -0.15) is 0 Å². The molecule has 0 radical (unpaired) electrons. The van der Waals surface area contributed by atoms with Crippen LogP contribution < -0.4 is 16.0 Å². The van der Waals surface area contributed by atoms with Crippen LogP contribution in [0.3, 0.4) is 0 Å². The molecule has 236 valence electrons. The molecule has 3 amide bonds. The summed E-state index contributed by atoms with van der Waals surface area (Å²) in [5.74, 6) is -0.738. The molecule has 0 aliphatic heterocycles. The summed E-state index contributed by atoms with van der Waals surface area (Å²) in [4.78, 5) is 39.0. The zero-order valence-corrected chi connectivity index (χ0v) is 26.9. The number of carbonyl (C=O) groups excluding carboxylic acids is 3. The average molecular weight is 582 g/mol. The van der Waals surface area contributed by atoms with Gasteiger partial charge < -0.3 is 16.0 Å². The third-order valence-corrected chi connectivity index (χ3v) is 7.37. The van der Waals surface area contributed by atoms with Crippen molar-refractivity contribution in [3.63, 3.8) is 0 Å². The van der Waals surface area contributed by atoms with Crippen molar-refractivity contribution in [3.8, 4) is 0 Å². The van der Waals surface area contributed by atoms with Crippen molar-refractivity contribution in [1.29, 1.82) is 0 Å². The molecule has 0 saturated carbocycles. The van der Waals surface area contributed by atoms with Gasteiger partial charge in [-0.25, -0.2) is 0 Å². The largest absolute Gasteiger partial charge is 0.352 e. The van der Waals surface area contributed by atoms with Gasteiger partial charge in [0.1, 0.15) is 0 Å². The Morgan fingerprint density at radius 2 is 0.881 bits per heavy atom. The molecule has 0 atom stereocenters. The Morgan fingerprint density at radius 3 is 1.26 bits per heavy atom. The van der Waals surface area contributed by atoms with E-state index in [-0.39, 0.29) is 17.7 Å². The van der Waals surface area contributed by atoms with Crippen LogP contribution >= 0.6 is 0 Å². The molecule has 1 rings (SSSR count). The van der Waals surface area contributed by atoms with Gasteiger partial charge in [-0.15, -0.1) is 0 Å². The summed E-state index contributed by atoms with van der Waals surface area (Å²) >= 11 is 0. The summed E-state index contributed by atoms with van der Waals surface area (Å²) in [5, 5.41) is 8.93. The molecule has 0 unspecified atom stereocenters. The van der Waals surface area contributed by atoms with Crippen LogP contribution in [0.25, 0.3) is 0 Å². The van der Waals surface area contributed by atoms with Crippen LogP contribution in [0.5, 0.6) is 0 Å². The van der Waals surface area contributed by atoms with Crippen molar-refractivity contribution >= 4 is 17.7 Å². The lowest BCUT2D eigenvalue weighted by Gasteiger charge is -2.12. The van der Waals surface area contributed by atoms with E-state index in [1.165, 1.54) is 51.4 Å². The first-order chi connectivity index (χ1) is 20.5. The minimum Gasteiger partial charge on any atom is -0.352 e. The normalized spacial score (nSPS) is 11.3. The van der Waals surface area contributed by atoms with Crippen LogP contribution in [0.4, 0.5) is 0 Å². The zero-order chi connectivity index (χ0) is 30.7. The Morgan fingerprint density at radius 1 is 0.524 bits per heavy atom. The highest BCUT2D eigenvalue weighted by Crippen LogP contribution is 2.13. The number of allylic oxidation sites excluding steroid dienone is 4. The highest BCUT2D eigenvalue weighted by Gasteiger charge is 2.16. The van der Waals surface area contributed by atoms with Crippen LogP contribution in [0.1, 0.15) is 161 Å². The van der Waals surface area contributed by atoms with E-state index in [0.717, 1.165) is 57.8 Å². The van der Waals surface area contributed by atoms with Gasteiger partial charge in [0.2, 0.25) is 0 Å². The number of nitrogens with one attached hydrogen (secondary N) is 3. The van der Waals surface area contributed by atoms with E-state index < -0.39 is 0 Å². The smallest absolute Gasteiger partial charge is 0.251 e. The fraction of sp³-hybridized carbons (Fsp3) is 0.639. The van der Waals surface area contributed by atoms with Gasteiger partial charge >= 0.3 is 0 Å². The summed E-state index contributed by atoms with van der Waals surface area (Å²) in [7, 11) is 0. The number of hydrogen-bond donors (Lipinski definition) is 3. The number of carbonyl (C=O) groups is 3. The third kappa shape index (κ3) is 18.5. The Kier molecular flexibility index (Phi) is 22.8. The minimum atomic E-state index is -0.250. The van der Waals surface area contributed by atoms with E-state index in [2.05, 4.69) is 41.9 Å². The van der Waals surface area contributed by atoms with Gasteiger partial charge in [0.05, 0.1) is 0 Å². The molecule has 0 heterocycles. The number of rotatable bonds is 25. The summed E-state index contributed by atoms with van der Waals surface area (Å²) in [6.45, 7) is 8.16. The second-order valence-electron chi connectivity index (χ2n) is 11.3. The molecule has 0 aromatic heterocycles. The Balaban J connectivity index is 2.69. The Hall–Kier alpha value is -2.89. The fourth-order valence-electron chi connectivity index (χ4n) is 4.77. The molecule has 3 N–H and O–H groups in total. The predicted molar refractivity (Wildman–Crippen MR) is 177 cm³/mol. The molecule has 0 fully saturated rings. The van der Waals surface area contributed by atoms with Gasteiger partial charge in [-0.05, 0) is 57.2 Å². The van der Waals surface area contributed by atoms with Crippen LogP contribution in [0.15, 0.2) is 42.5 Å². The van der Waals surface area contributed by atoms with Gasteiger partial charge in [-0.3, -0.25) is 14.4 Å². The maximum atomic E-state index is 13.0. The number of unbranched alkanes of at least 4 members (excludes halogenated alkanes) is 14. The van der Waals surface area contributed by atoms with E-state index >= 15 is 0 Å². The second kappa shape index (κ2) is 25.8. The van der Waals surface area contributed by atoms with Crippen LogP contribution in [-0.4, -0.2) is 37.4 Å². The van der Waals surface area contributed by atoms with Gasteiger partial charge in [0, 0.05) is 36.3 Å². The molecule has 0 aliphatic rings. The molecule has 0 spiro atoms. The lowest BCUT2D eigenvalue weighted by atomic mass is 10.0. The molecule has 6 nitrogen and oxygen atoms in total. The fourth-order valence-corrected chi connectivity index (χ4v) is 4.77. The molecular formula is C36H59N3O3. The molecule has 1 aromatic rings. The number of hydrogen-bond acceptors (Lipinski definition) is 3. The molecule has 42 heavy (non-hydrogen) atoms. The van der Waals surface area contributed by atoms with E-state index in [4.69, 9.17) is 0 Å². The topological polar surface area (TPSA) is 87.3 Å². The molecule has 0 saturated heterocycles. The molecule has 0 aliphatic carbocycles. The maximum absolute atomic E-state index is 13.0. The van der Waals surface area contributed by atoms with E-state index in [1.807, 2.05) is 19.1 Å². The van der Waals surface area contributed by atoms with Crippen molar-refractivity contribution in [1.82, 2.24) is 16.0 Å². The van der Waals surface area contributed by atoms with Gasteiger partial charge in [-0.1, -0.05) is 115 Å². The quantitative estimate of drug-likeness (QED) is 0.0797. The highest BCUT2D eigenvalue weighted by molar-refractivity contribution is 6.04. The average Bonchev–Trinajstić information content (AvgIpc) is 3.00. The lowest BCUT2D eigenvalue weighted by Crippen LogP contribution is -2.29. The number of amides is 3. The SMILES string of the molecule is CC=CC=CCCCCCCNC(=O)c1cc(C(=O)NCCCCCCCC)cc(C(=O)NCCCCCCCC)c1. The molecule has 1 aromatic carbocycles. The van der Waals surface area contributed by atoms with Gasteiger partial charge in [0.25, 0.3) is 17.7 Å². The molecular weight excluding hydrogens is 522 g/mol. The van der Waals surface area contributed by atoms with E-state index in [1.54, 1.807) is 18.2 Å². The summed E-state index contributed by atoms with van der Waals surface area (Å²) < 4.78 is 0. The zero-order valence-electron chi connectivity index (χ0n) is 26.9. The van der Waals surface area contributed by atoms with Crippen LogP contribution in [0.2, 0.25) is 0 Å². The Bertz CT molecular complexity index is 891. The van der Waals surface area contributed by atoms with Crippen molar-refractivity contribution in [2.24, 2.45) is 0 Å². The third-order valence-electron chi connectivity index (χ3n) is 7.37. The van der Waals surface area contributed by atoms with E-state index in [9.17, 15) is 14.4 Å². The maximum Gasteiger partial charge on any atom is 0.251 e. The van der Waals surface area contributed by atoms with Crippen molar-refractivity contribution in [2.75, 3.05) is 19.6 Å².